The predicted octanol–water partition coefficient (Wildman–Crippen LogP) is 2.33. The minimum absolute atomic E-state index is 0.230. The van der Waals surface area contributed by atoms with Crippen molar-refractivity contribution in [2.24, 2.45) is 20.0 Å². The summed E-state index contributed by atoms with van der Waals surface area (Å²) in [5, 5.41) is 13.4. The molecule has 2 aliphatic rings. The van der Waals surface area contributed by atoms with Crippen LogP contribution >= 0.6 is 23.2 Å². The van der Waals surface area contributed by atoms with Gasteiger partial charge in [-0.3, -0.25) is 9.89 Å². The molecule has 0 amide bonds. The van der Waals surface area contributed by atoms with Gasteiger partial charge in [0.05, 0.1) is 0 Å². The van der Waals surface area contributed by atoms with Gasteiger partial charge >= 0.3 is 0 Å². The van der Waals surface area contributed by atoms with Gasteiger partial charge < -0.3 is 10.4 Å². The van der Waals surface area contributed by atoms with Gasteiger partial charge in [-0.2, -0.15) is 0 Å². The summed E-state index contributed by atoms with van der Waals surface area (Å²) in [6.45, 7) is 1.96. The number of aliphatic imine (C=N–C) groups is 4. The molecule has 0 saturated carbocycles. The number of alkyl halides is 2. The van der Waals surface area contributed by atoms with E-state index in [1.165, 1.54) is 12.7 Å². The van der Waals surface area contributed by atoms with Crippen LogP contribution in [0.5, 0.6) is 5.75 Å². The van der Waals surface area contributed by atoms with E-state index in [4.69, 9.17) is 23.2 Å². The second-order valence-electron chi connectivity index (χ2n) is 5.54. The number of anilines is 1. The predicted molar refractivity (Wildman–Crippen MR) is 104 cm³/mol. The first kappa shape index (κ1) is 17.8. The summed E-state index contributed by atoms with van der Waals surface area (Å²) < 4.78 is 0. The molecule has 1 aromatic carbocycles. The van der Waals surface area contributed by atoms with Gasteiger partial charge in [0.15, 0.2) is 11.9 Å². The monoisotopic (exact) mass is 380 g/mol. The number of nitrogens with one attached hydrogen (secondary N) is 1. The number of rotatable bonds is 7. The van der Waals surface area contributed by atoms with Gasteiger partial charge in [0.1, 0.15) is 24.3 Å². The van der Waals surface area contributed by atoms with Gasteiger partial charge in [-0.05, 0) is 18.2 Å². The minimum Gasteiger partial charge on any atom is -0.508 e. The fourth-order valence-electron chi connectivity index (χ4n) is 2.60. The van der Waals surface area contributed by atoms with E-state index >= 15 is 0 Å². The van der Waals surface area contributed by atoms with Crippen molar-refractivity contribution in [3.8, 4) is 5.75 Å². The van der Waals surface area contributed by atoms with Gasteiger partial charge in [-0.25, -0.2) is 15.0 Å². The van der Waals surface area contributed by atoms with Crippen molar-refractivity contribution in [1.82, 2.24) is 4.90 Å². The topological polar surface area (TPSA) is 84.9 Å². The Morgan fingerprint density at radius 2 is 1.92 bits per heavy atom. The van der Waals surface area contributed by atoms with E-state index < -0.39 is 0 Å². The number of hydrogen-bond acceptors (Lipinski definition) is 7. The van der Waals surface area contributed by atoms with Crippen molar-refractivity contribution in [3.05, 3.63) is 23.8 Å². The Morgan fingerprint density at radius 1 is 1.12 bits per heavy atom. The fraction of sp³-hybridized carbons (Fsp3) is 0.375. The number of phenols is 1. The Balaban J connectivity index is 1.75. The summed E-state index contributed by atoms with van der Waals surface area (Å²) in [4.78, 5) is 18.8. The summed E-state index contributed by atoms with van der Waals surface area (Å²) in [6, 6.07) is 5.03. The van der Waals surface area contributed by atoms with Gasteiger partial charge in [0.25, 0.3) is 0 Å². The van der Waals surface area contributed by atoms with Crippen molar-refractivity contribution >= 4 is 53.2 Å². The van der Waals surface area contributed by atoms with E-state index in [0.717, 1.165) is 11.3 Å². The summed E-state index contributed by atoms with van der Waals surface area (Å²) in [5.41, 5.74) is 1.59. The Kier molecular flexibility index (Phi) is 6.01. The molecule has 0 spiro atoms. The van der Waals surface area contributed by atoms with E-state index in [1.807, 2.05) is 6.07 Å². The van der Waals surface area contributed by atoms with E-state index in [9.17, 15) is 5.11 Å². The molecule has 0 aliphatic carbocycles. The van der Waals surface area contributed by atoms with Crippen LogP contribution < -0.4 is 5.32 Å². The second-order valence-corrected chi connectivity index (χ2v) is 6.29. The van der Waals surface area contributed by atoms with Gasteiger partial charge in [0.2, 0.25) is 0 Å². The highest BCUT2D eigenvalue weighted by Crippen LogP contribution is 2.24. The van der Waals surface area contributed by atoms with Gasteiger partial charge in [0, 0.05) is 42.6 Å². The zero-order valence-corrected chi connectivity index (χ0v) is 15.0. The molecule has 2 heterocycles. The van der Waals surface area contributed by atoms with Gasteiger partial charge in [-0.15, -0.1) is 23.2 Å². The molecule has 0 aromatic heterocycles. The van der Waals surface area contributed by atoms with Crippen molar-refractivity contribution in [2.75, 3.05) is 30.2 Å². The molecular formula is C16H18Cl2N6O. The first-order chi connectivity index (χ1) is 12.2. The highest BCUT2D eigenvalue weighted by molar-refractivity contribution is 6.23. The van der Waals surface area contributed by atoms with Crippen LogP contribution in [0.3, 0.4) is 0 Å². The summed E-state index contributed by atoms with van der Waals surface area (Å²) in [7, 11) is 0. The third-order valence-electron chi connectivity index (χ3n) is 3.84. The number of phenolic OH excluding ortho intramolecular Hbond substituents is 1. The maximum Gasteiger partial charge on any atom is 0.169 e. The summed E-state index contributed by atoms with van der Waals surface area (Å²) in [6.07, 6.45) is 2.94. The van der Waals surface area contributed by atoms with Crippen LogP contribution in [0.15, 0.2) is 38.2 Å². The molecule has 1 atom stereocenters. The lowest BCUT2D eigenvalue weighted by molar-refractivity contribution is 0.294. The second kappa shape index (κ2) is 8.42. The van der Waals surface area contributed by atoms with E-state index in [-0.39, 0.29) is 11.8 Å². The average molecular weight is 381 g/mol. The molecule has 25 heavy (non-hydrogen) atoms. The molecule has 7 nitrogen and oxygen atoms in total. The molecule has 2 N–H and O–H groups in total. The van der Waals surface area contributed by atoms with E-state index in [1.54, 1.807) is 12.1 Å². The Bertz CT molecular complexity index is 740. The lowest BCUT2D eigenvalue weighted by Crippen LogP contribution is -2.33. The SMILES string of the molecule is Oc1ccc(NC2=NC=NC3=NC=NC32)cc1CN(CCCl)CCCl. The molecular weight excluding hydrogens is 363 g/mol. The molecule has 1 unspecified atom stereocenters. The van der Waals surface area contributed by atoms with Crippen LogP contribution in [0, 0.1) is 0 Å². The first-order valence-corrected chi connectivity index (χ1v) is 8.91. The van der Waals surface area contributed by atoms with Crippen molar-refractivity contribution in [2.45, 2.75) is 12.6 Å². The number of halogens is 2. The molecule has 3 rings (SSSR count). The highest BCUT2D eigenvalue weighted by atomic mass is 35.5. The number of amidine groups is 2. The fourth-order valence-corrected chi connectivity index (χ4v) is 3.08. The number of nitrogens with zero attached hydrogens (tertiary/aromatic N) is 5. The van der Waals surface area contributed by atoms with Crippen LogP contribution in [-0.2, 0) is 6.54 Å². The number of aromatic hydroxyl groups is 1. The third-order valence-corrected chi connectivity index (χ3v) is 4.18. The molecule has 1 aromatic rings. The van der Waals surface area contributed by atoms with Gasteiger partial charge in [-0.1, -0.05) is 0 Å². The highest BCUT2D eigenvalue weighted by Gasteiger charge is 2.26. The number of fused-ring (bicyclic) bond motifs is 1. The minimum atomic E-state index is -0.300. The Morgan fingerprint density at radius 3 is 2.68 bits per heavy atom. The van der Waals surface area contributed by atoms with Crippen LogP contribution in [-0.4, -0.2) is 65.2 Å². The van der Waals surface area contributed by atoms with Crippen molar-refractivity contribution in [1.29, 1.82) is 0 Å². The first-order valence-electron chi connectivity index (χ1n) is 7.84. The van der Waals surface area contributed by atoms with Crippen LogP contribution in [0.2, 0.25) is 0 Å². The maximum atomic E-state index is 10.2. The van der Waals surface area contributed by atoms with Crippen molar-refractivity contribution in [3.63, 3.8) is 0 Å². The molecule has 9 heteroatoms. The lowest BCUT2D eigenvalue weighted by Gasteiger charge is -2.21. The maximum absolute atomic E-state index is 10.2. The molecule has 0 saturated heterocycles. The average Bonchev–Trinajstić information content (AvgIpc) is 3.08. The molecule has 0 radical (unpaired) electrons. The van der Waals surface area contributed by atoms with Crippen LogP contribution in [0.25, 0.3) is 0 Å². The van der Waals surface area contributed by atoms with Crippen LogP contribution in [0.1, 0.15) is 5.56 Å². The lowest BCUT2D eigenvalue weighted by atomic mass is 10.1. The smallest absolute Gasteiger partial charge is 0.169 e. The molecule has 0 bridgehead atoms. The normalized spacial score (nSPS) is 18.3. The molecule has 132 valence electrons. The Labute approximate surface area is 155 Å². The van der Waals surface area contributed by atoms with E-state index in [2.05, 4.69) is 30.2 Å². The zero-order chi connectivity index (χ0) is 17.6. The van der Waals surface area contributed by atoms with Crippen molar-refractivity contribution < 1.29 is 5.11 Å². The quantitative estimate of drug-likeness (QED) is 0.562. The zero-order valence-electron chi connectivity index (χ0n) is 13.4. The van der Waals surface area contributed by atoms with E-state index in [0.29, 0.717) is 43.1 Å². The molecule has 0 fully saturated rings. The largest absolute Gasteiger partial charge is 0.508 e. The number of benzene rings is 1. The molecule has 2 aliphatic heterocycles. The Hall–Kier alpha value is -1.96. The summed E-state index contributed by atoms with van der Waals surface area (Å²) >= 11 is 11.7. The third kappa shape index (κ3) is 4.36. The standard InChI is InChI=1S/C16H18Cl2N6O/c17-3-5-24(6-4-18)8-11-7-12(1-2-13(11)25)23-16-14-15(20-9-19-14)21-10-22-16/h1-2,7,9-10,14,25H,3-6,8H2,(H,19,20,21,22,23). The number of hydrogen-bond donors (Lipinski definition) is 2. The summed E-state index contributed by atoms with van der Waals surface area (Å²) in [5.74, 6) is 2.51. The van der Waals surface area contributed by atoms with Crippen LogP contribution in [0.4, 0.5) is 5.69 Å².